The fourth-order valence-electron chi connectivity index (χ4n) is 4.70. The van der Waals surface area contributed by atoms with Gasteiger partial charge in [-0.1, -0.05) is 11.6 Å². The molecule has 2 aromatic carbocycles. The van der Waals surface area contributed by atoms with Gasteiger partial charge in [0.15, 0.2) is 0 Å². The van der Waals surface area contributed by atoms with Crippen LogP contribution in [0.5, 0.6) is 0 Å². The lowest BCUT2D eigenvalue weighted by atomic mass is 10.1. The number of nitrogens with zero attached hydrogens (tertiary/aromatic N) is 2. The Labute approximate surface area is 214 Å². The summed E-state index contributed by atoms with van der Waals surface area (Å²) in [4.78, 5) is 7.84. The van der Waals surface area contributed by atoms with Crippen LogP contribution in [-0.2, 0) is 10.0 Å². The molecular weight excluding hydrogens is 511 g/mol. The van der Waals surface area contributed by atoms with Gasteiger partial charge in [0, 0.05) is 68.1 Å². The van der Waals surface area contributed by atoms with Crippen molar-refractivity contribution in [1.29, 1.82) is 0 Å². The fraction of sp³-hybridized carbons (Fsp3) is 0.292. The lowest BCUT2D eigenvalue weighted by molar-refractivity contribution is 0.407. The summed E-state index contributed by atoms with van der Waals surface area (Å²) in [6.45, 7) is 7.92. The fourth-order valence-corrected chi connectivity index (χ4v) is 7.71. The zero-order valence-corrected chi connectivity index (χ0v) is 22.2. The van der Waals surface area contributed by atoms with Crippen LogP contribution in [0.1, 0.15) is 18.7 Å². The van der Waals surface area contributed by atoms with Crippen LogP contribution in [0.4, 0.5) is 11.4 Å². The number of sulfonamides is 1. The Kier molecular flexibility index (Phi) is 6.99. The van der Waals surface area contributed by atoms with Crippen molar-refractivity contribution in [2.45, 2.75) is 37.8 Å². The molecule has 0 amide bonds. The zero-order valence-electron chi connectivity index (χ0n) is 19.0. The Bertz CT molecular complexity index is 1460. The lowest BCUT2D eigenvalue weighted by Crippen LogP contribution is -2.54. The van der Waals surface area contributed by atoms with E-state index >= 15 is 0 Å². The number of hydrogen-bond donors (Lipinski definition) is 2. The van der Waals surface area contributed by atoms with Gasteiger partial charge in [-0.05, 0) is 63.2 Å². The van der Waals surface area contributed by atoms with Crippen molar-refractivity contribution in [3.8, 4) is 0 Å². The van der Waals surface area contributed by atoms with E-state index in [1.54, 1.807) is 18.2 Å². The second-order valence-corrected chi connectivity index (χ2v) is 12.0. The van der Waals surface area contributed by atoms with Crippen LogP contribution in [0.2, 0.25) is 5.02 Å². The second kappa shape index (κ2) is 9.51. The molecule has 1 saturated heterocycles. The summed E-state index contributed by atoms with van der Waals surface area (Å²) >= 11 is 7.61. The summed E-state index contributed by atoms with van der Waals surface area (Å²) in [5.74, 6) is 0. The normalized spacial score (nSPS) is 18.8. The summed E-state index contributed by atoms with van der Waals surface area (Å²) in [7, 11) is -3.81. The minimum atomic E-state index is -3.81. The van der Waals surface area contributed by atoms with Crippen LogP contribution in [0.15, 0.2) is 53.6 Å². The number of halogens is 2. The Hall–Kier alpha value is -2.10. The molecule has 2 aromatic heterocycles. The van der Waals surface area contributed by atoms with Gasteiger partial charge in [0.2, 0.25) is 0 Å². The summed E-state index contributed by atoms with van der Waals surface area (Å²) in [5, 5.41) is 5.63. The predicted molar refractivity (Wildman–Crippen MR) is 146 cm³/mol. The van der Waals surface area contributed by atoms with Crippen LogP contribution in [0.25, 0.3) is 21.0 Å². The average molecular weight is 538 g/mol. The van der Waals surface area contributed by atoms with Gasteiger partial charge >= 0.3 is 0 Å². The molecule has 6 nitrogen and oxygen atoms in total. The summed E-state index contributed by atoms with van der Waals surface area (Å²) in [6.07, 6.45) is 1.81. The molecule has 0 bridgehead atoms. The third-order valence-corrected chi connectivity index (χ3v) is 8.93. The van der Waals surface area contributed by atoms with Crippen LogP contribution in [0.3, 0.4) is 0 Å². The van der Waals surface area contributed by atoms with E-state index in [2.05, 4.69) is 33.8 Å². The zero-order chi connectivity index (χ0) is 23.3. The maximum absolute atomic E-state index is 13.4. The molecule has 1 aliphatic rings. The first-order valence-corrected chi connectivity index (χ1v) is 13.5. The highest BCUT2D eigenvalue weighted by atomic mass is 35.5. The molecule has 10 heteroatoms. The lowest BCUT2D eigenvalue weighted by Gasteiger charge is -2.38. The number of pyridine rings is 1. The maximum atomic E-state index is 13.4. The van der Waals surface area contributed by atoms with E-state index in [-0.39, 0.29) is 17.3 Å². The first-order valence-electron chi connectivity index (χ1n) is 10.8. The first-order chi connectivity index (χ1) is 15.7. The first kappa shape index (κ1) is 25.0. The van der Waals surface area contributed by atoms with E-state index in [0.29, 0.717) is 28.2 Å². The van der Waals surface area contributed by atoms with Crippen LogP contribution in [0, 0.1) is 6.92 Å². The van der Waals surface area contributed by atoms with Gasteiger partial charge in [-0.2, -0.15) is 0 Å². The predicted octanol–water partition coefficient (Wildman–Crippen LogP) is 5.82. The number of nitrogens with one attached hydrogen (secondary N) is 2. The Balaban J connectivity index is 0.00000274. The molecular formula is C24H26Cl2N4O2S2. The summed E-state index contributed by atoms with van der Waals surface area (Å²) in [5.41, 5.74) is 2.40. The Morgan fingerprint density at radius 3 is 2.56 bits per heavy atom. The number of fused-ring (bicyclic) bond motifs is 2. The van der Waals surface area contributed by atoms with Crippen molar-refractivity contribution < 1.29 is 8.42 Å². The number of thiophene rings is 1. The number of benzene rings is 2. The van der Waals surface area contributed by atoms with Crippen LogP contribution in [-0.4, -0.2) is 38.6 Å². The molecule has 3 heterocycles. The van der Waals surface area contributed by atoms with Crippen molar-refractivity contribution in [1.82, 2.24) is 10.3 Å². The Morgan fingerprint density at radius 1 is 1.09 bits per heavy atom. The van der Waals surface area contributed by atoms with E-state index in [9.17, 15) is 8.42 Å². The minimum Gasteiger partial charge on any atom is -0.368 e. The third kappa shape index (κ3) is 4.70. The van der Waals surface area contributed by atoms with Gasteiger partial charge in [-0.15, -0.1) is 23.7 Å². The van der Waals surface area contributed by atoms with Crippen molar-refractivity contribution >= 4 is 77.7 Å². The highest BCUT2D eigenvalue weighted by molar-refractivity contribution is 7.93. The third-order valence-electron chi connectivity index (χ3n) is 5.91. The second-order valence-electron chi connectivity index (χ2n) is 8.67. The SMILES string of the molecule is Cc1sc2ccc(Cl)cc2c1S(=O)(=O)Nc1ccc2nccc(N3C[C@@H](C)N[C@@H](C)C3)c2c1.Cl. The molecule has 0 radical (unpaired) electrons. The van der Waals surface area contributed by atoms with Gasteiger partial charge in [0.1, 0.15) is 4.90 Å². The smallest absolute Gasteiger partial charge is 0.263 e. The molecule has 2 N–H and O–H groups in total. The van der Waals surface area contributed by atoms with Gasteiger partial charge in [0.25, 0.3) is 10.0 Å². The van der Waals surface area contributed by atoms with Gasteiger partial charge in [-0.3, -0.25) is 9.71 Å². The molecule has 1 aliphatic heterocycles. The summed E-state index contributed by atoms with van der Waals surface area (Å²) < 4.78 is 30.6. The minimum absolute atomic E-state index is 0. The molecule has 0 aliphatic carbocycles. The highest BCUT2D eigenvalue weighted by Gasteiger charge is 2.25. The number of rotatable bonds is 4. The van der Waals surface area contributed by atoms with Crippen LogP contribution >= 0.6 is 35.3 Å². The standard InChI is InChI=1S/C24H25ClN4O2S2.ClH/c1-14-12-29(13-15(2)27-14)22-8-9-26-21-6-5-18(11-19(21)22)28-33(30,31)24-16(3)32-23-7-4-17(25)10-20(23)24;/h4-11,14-15,27-28H,12-13H2,1-3H3;1H/t14-,15+;. The quantitative estimate of drug-likeness (QED) is 0.343. The number of anilines is 2. The average Bonchev–Trinajstić information content (AvgIpc) is 3.08. The van der Waals surface area contributed by atoms with Crippen LogP contribution < -0.4 is 14.9 Å². The van der Waals surface area contributed by atoms with E-state index in [1.165, 1.54) is 11.3 Å². The molecule has 4 aromatic rings. The molecule has 1 fully saturated rings. The number of aromatic nitrogens is 1. The Morgan fingerprint density at radius 2 is 1.82 bits per heavy atom. The molecule has 0 unspecified atom stereocenters. The molecule has 2 atom stereocenters. The van der Waals surface area contributed by atoms with Crippen molar-refractivity contribution in [3.05, 3.63) is 58.6 Å². The van der Waals surface area contributed by atoms with Gasteiger partial charge in [0.05, 0.1) is 5.52 Å². The number of hydrogen-bond acceptors (Lipinski definition) is 6. The largest absolute Gasteiger partial charge is 0.368 e. The monoisotopic (exact) mass is 536 g/mol. The highest BCUT2D eigenvalue weighted by Crippen LogP contribution is 2.37. The van der Waals surface area contributed by atoms with Crippen molar-refractivity contribution in [2.75, 3.05) is 22.7 Å². The molecule has 0 spiro atoms. The van der Waals surface area contributed by atoms with E-state index in [4.69, 9.17) is 11.6 Å². The number of aryl methyl sites for hydroxylation is 1. The molecule has 0 saturated carbocycles. The van der Waals surface area contributed by atoms with Crippen molar-refractivity contribution in [2.24, 2.45) is 0 Å². The van der Waals surface area contributed by atoms with Gasteiger partial charge < -0.3 is 10.2 Å². The topological polar surface area (TPSA) is 74.3 Å². The molecule has 180 valence electrons. The summed E-state index contributed by atoms with van der Waals surface area (Å²) in [6, 6.07) is 13.6. The maximum Gasteiger partial charge on any atom is 0.263 e. The van der Waals surface area contributed by atoms with E-state index in [0.717, 1.165) is 39.3 Å². The van der Waals surface area contributed by atoms with E-state index < -0.39 is 10.0 Å². The van der Waals surface area contributed by atoms with E-state index in [1.807, 2.05) is 37.4 Å². The van der Waals surface area contributed by atoms with Gasteiger partial charge in [-0.25, -0.2) is 8.42 Å². The van der Waals surface area contributed by atoms with Crippen molar-refractivity contribution in [3.63, 3.8) is 0 Å². The number of piperazine rings is 1. The molecule has 34 heavy (non-hydrogen) atoms. The molecule has 5 rings (SSSR count).